The number of rotatable bonds is 2. The Labute approximate surface area is 100 Å². The van der Waals surface area contributed by atoms with Crippen LogP contribution in [0.15, 0.2) is 16.6 Å². The predicted molar refractivity (Wildman–Crippen MR) is 60.4 cm³/mol. The Hall–Kier alpha value is -0.870. The van der Waals surface area contributed by atoms with Crippen LogP contribution in [0.25, 0.3) is 0 Å². The highest BCUT2D eigenvalue weighted by Gasteiger charge is 2.15. The fraction of sp³-hybridized carbons (Fsp3) is 0.200. The number of halogens is 2. The van der Waals surface area contributed by atoms with Gasteiger partial charge >= 0.3 is 5.97 Å². The first-order valence-corrected chi connectivity index (χ1v) is 5.27. The molecule has 0 fully saturated rings. The Morgan fingerprint density at radius 3 is 2.47 bits per heavy atom. The second-order valence-corrected chi connectivity index (χ2v) is 4.23. The fourth-order valence-electron chi connectivity index (χ4n) is 1.16. The maximum Gasteiger partial charge on any atom is 0.308 e. The summed E-state index contributed by atoms with van der Waals surface area (Å²) in [6.07, 6.45) is 0. The third-order valence-corrected chi connectivity index (χ3v) is 2.36. The van der Waals surface area contributed by atoms with Crippen molar-refractivity contribution in [2.45, 2.75) is 13.8 Å². The minimum atomic E-state index is -0.657. The van der Waals surface area contributed by atoms with Gasteiger partial charge in [-0.05, 0) is 36.2 Å². The van der Waals surface area contributed by atoms with Crippen LogP contribution in [0.5, 0.6) is 5.75 Å². The minimum Gasteiger partial charge on any atom is -0.426 e. The molecule has 0 amide bonds. The van der Waals surface area contributed by atoms with Crippen molar-refractivity contribution in [2.24, 2.45) is 0 Å². The van der Waals surface area contributed by atoms with Crippen molar-refractivity contribution in [2.75, 3.05) is 0 Å². The molecule has 0 aromatic heterocycles. The normalized spacial score (nSPS) is 9.87. The van der Waals surface area contributed by atoms with Gasteiger partial charge in [0.15, 0.2) is 0 Å². The number of carbonyl (C=O) groups is 2. The lowest BCUT2D eigenvalue weighted by Gasteiger charge is -2.09. The van der Waals surface area contributed by atoms with Crippen LogP contribution >= 0.6 is 27.5 Å². The number of hydrogen-bond acceptors (Lipinski definition) is 3. The molecule has 0 aliphatic heterocycles. The molecule has 15 heavy (non-hydrogen) atoms. The van der Waals surface area contributed by atoms with Gasteiger partial charge in [0, 0.05) is 11.4 Å². The zero-order valence-electron chi connectivity index (χ0n) is 8.14. The molecule has 0 heterocycles. The zero-order valence-corrected chi connectivity index (χ0v) is 10.5. The molecule has 0 saturated heterocycles. The van der Waals surface area contributed by atoms with Gasteiger partial charge in [-0.2, -0.15) is 0 Å². The average molecular weight is 292 g/mol. The molecule has 5 heteroatoms. The quantitative estimate of drug-likeness (QED) is 0.478. The van der Waals surface area contributed by atoms with Crippen molar-refractivity contribution < 1.29 is 14.3 Å². The van der Waals surface area contributed by atoms with Crippen LogP contribution in [-0.4, -0.2) is 11.2 Å². The molecule has 0 saturated carbocycles. The molecule has 1 aromatic rings. The van der Waals surface area contributed by atoms with Gasteiger partial charge in [-0.25, -0.2) is 0 Å². The molecule has 3 nitrogen and oxygen atoms in total. The van der Waals surface area contributed by atoms with E-state index < -0.39 is 11.2 Å². The van der Waals surface area contributed by atoms with Crippen molar-refractivity contribution >= 4 is 38.7 Å². The third kappa shape index (κ3) is 3.04. The molecule has 0 aliphatic carbocycles. The Kier molecular flexibility index (Phi) is 3.88. The summed E-state index contributed by atoms with van der Waals surface area (Å²) in [5, 5.41) is -0.657. The maximum absolute atomic E-state index is 11.1. The van der Waals surface area contributed by atoms with Gasteiger partial charge in [0.05, 0.1) is 5.56 Å². The molecule has 0 N–H and O–H groups in total. The monoisotopic (exact) mass is 290 g/mol. The standard InChI is InChI=1S/C10H8BrClO3/c1-5-3-7(11)4-8(10(12)14)9(5)15-6(2)13/h3-4H,1-2H3. The van der Waals surface area contributed by atoms with Crippen molar-refractivity contribution in [1.82, 2.24) is 0 Å². The topological polar surface area (TPSA) is 43.4 Å². The highest BCUT2D eigenvalue weighted by atomic mass is 79.9. The number of esters is 1. The van der Waals surface area contributed by atoms with Gasteiger partial charge in [0.25, 0.3) is 5.24 Å². The highest BCUT2D eigenvalue weighted by Crippen LogP contribution is 2.29. The summed E-state index contributed by atoms with van der Waals surface area (Å²) in [5.74, 6) is -0.273. The van der Waals surface area contributed by atoms with Gasteiger partial charge in [-0.15, -0.1) is 0 Å². The van der Waals surface area contributed by atoms with E-state index in [0.29, 0.717) is 10.0 Å². The van der Waals surface area contributed by atoms with E-state index in [9.17, 15) is 9.59 Å². The van der Waals surface area contributed by atoms with E-state index >= 15 is 0 Å². The van der Waals surface area contributed by atoms with Crippen LogP contribution < -0.4 is 4.74 Å². The largest absolute Gasteiger partial charge is 0.426 e. The zero-order chi connectivity index (χ0) is 11.6. The van der Waals surface area contributed by atoms with Crippen LogP contribution in [0.1, 0.15) is 22.8 Å². The van der Waals surface area contributed by atoms with Crippen LogP contribution in [-0.2, 0) is 4.79 Å². The summed E-state index contributed by atoms with van der Waals surface area (Å²) in [4.78, 5) is 21.9. The molecular weight excluding hydrogens is 283 g/mol. The number of hydrogen-bond donors (Lipinski definition) is 0. The Morgan fingerprint density at radius 1 is 1.40 bits per heavy atom. The second kappa shape index (κ2) is 4.77. The molecule has 80 valence electrons. The lowest BCUT2D eigenvalue weighted by atomic mass is 10.1. The van der Waals surface area contributed by atoms with E-state index in [1.165, 1.54) is 13.0 Å². The number of benzene rings is 1. The van der Waals surface area contributed by atoms with E-state index in [-0.39, 0.29) is 11.3 Å². The van der Waals surface area contributed by atoms with Gasteiger partial charge in [-0.1, -0.05) is 15.9 Å². The summed E-state index contributed by atoms with van der Waals surface area (Å²) in [5.41, 5.74) is 0.849. The van der Waals surface area contributed by atoms with Crippen LogP contribution in [0.4, 0.5) is 0 Å². The van der Waals surface area contributed by atoms with E-state index in [4.69, 9.17) is 16.3 Å². The SMILES string of the molecule is CC(=O)Oc1c(C)cc(Br)cc1C(=O)Cl. The maximum atomic E-state index is 11.1. The lowest BCUT2D eigenvalue weighted by Crippen LogP contribution is -2.07. The minimum absolute atomic E-state index is 0.179. The molecule has 0 atom stereocenters. The first-order chi connectivity index (χ1) is 6.91. The Balaban J connectivity index is 3.33. The molecular formula is C10H8BrClO3. The summed E-state index contributed by atoms with van der Waals surface area (Å²) in [7, 11) is 0. The van der Waals surface area contributed by atoms with Crippen LogP contribution in [0.3, 0.4) is 0 Å². The second-order valence-electron chi connectivity index (χ2n) is 2.97. The smallest absolute Gasteiger partial charge is 0.308 e. The van der Waals surface area contributed by atoms with Crippen molar-refractivity contribution in [3.63, 3.8) is 0 Å². The molecule has 1 aromatic carbocycles. The first kappa shape index (κ1) is 12.2. The predicted octanol–water partition coefficient (Wildman–Crippen LogP) is 3.06. The number of aryl methyl sites for hydroxylation is 1. The van der Waals surface area contributed by atoms with Crippen LogP contribution in [0.2, 0.25) is 0 Å². The van der Waals surface area contributed by atoms with E-state index in [0.717, 1.165) is 0 Å². The van der Waals surface area contributed by atoms with E-state index in [1.807, 2.05) is 0 Å². The molecule has 0 spiro atoms. The summed E-state index contributed by atoms with van der Waals surface area (Å²) < 4.78 is 5.64. The number of ether oxygens (including phenoxy) is 1. The van der Waals surface area contributed by atoms with E-state index in [2.05, 4.69) is 15.9 Å². The van der Waals surface area contributed by atoms with Gasteiger partial charge < -0.3 is 4.74 Å². The number of carbonyl (C=O) groups excluding carboxylic acids is 2. The molecule has 0 unspecified atom stereocenters. The highest BCUT2D eigenvalue weighted by molar-refractivity contribution is 9.10. The summed E-state index contributed by atoms with van der Waals surface area (Å²) >= 11 is 8.61. The molecule has 0 radical (unpaired) electrons. The fourth-order valence-corrected chi connectivity index (χ4v) is 1.87. The third-order valence-electron chi connectivity index (χ3n) is 1.70. The molecule has 1 rings (SSSR count). The van der Waals surface area contributed by atoms with Gasteiger partial charge in [0.2, 0.25) is 0 Å². The van der Waals surface area contributed by atoms with Crippen molar-refractivity contribution in [3.8, 4) is 5.75 Å². The summed E-state index contributed by atoms with van der Waals surface area (Å²) in [6, 6.07) is 3.25. The first-order valence-electron chi connectivity index (χ1n) is 4.10. The lowest BCUT2D eigenvalue weighted by molar-refractivity contribution is -0.131. The van der Waals surface area contributed by atoms with Crippen molar-refractivity contribution in [3.05, 3.63) is 27.7 Å². The molecule has 0 aliphatic rings. The Morgan fingerprint density at radius 2 is 2.00 bits per heavy atom. The van der Waals surface area contributed by atoms with Crippen LogP contribution in [0, 0.1) is 6.92 Å². The van der Waals surface area contributed by atoms with Gasteiger partial charge in [0.1, 0.15) is 5.75 Å². The van der Waals surface area contributed by atoms with Gasteiger partial charge in [-0.3, -0.25) is 9.59 Å². The molecule has 0 bridgehead atoms. The summed E-state index contributed by atoms with van der Waals surface area (Å²) in [6.45, 7) is 3.00. The Bertz CT molecular complexity index is 429. The van der Waals surface area contributed by atoms with E-state index in [1.54, 1.807) is 13.0 Å². The van der Waals surface area contributed by atoms with Crippen molar-refractivity contribution in [1.29, 1.82) is 0 Å². The average Bonchev–Trinajstić information content (AvgIpc) is 2.08.